The third kappa shape index (κ3) is 4.14. The molecule has 0 saturated heterocycles. The van der Waals surface area contributed by atoms with Crippen LogP contribution in [0.4, 0.5) is 10.5 Å². The van der Waals surface area contributed by atoms with Crippen molar-refractivity contribution in [3.63, 3.8) is 0 Å². The molecule has 1 unspecified atom stereocenters. The number of non-ortho nitro benzene ring substituents is 1. The van der Waals surface area contributed by atoms with Crippen molar-refractivity contribution in [2.75, 3.05) is 19.7 Å². The van der Waals surface area contributed by atoms with Crippen molar-refractivity contribution in [1.82, 2.24) is 15.5 Å². The fraction of sp³-hybridized carbons (Fsp3) is 0.438. The van der Waals surface area contributed by atoms with Crippen LogP contribution in [0.5, 0.6) is 0 Å². The topological polar surface area (TPSA) is 142 Å². The highest BCUT2D eigenvalue weighted by Crippen LogP contribution is 2.26. The lowest BCUT2D eigenvalue weighted by atomic mass is 10.1. The molecular formula is C16H20N4O6. The summed E-state index contributed by atoms with van der Waals surface area (Å²) in [5, 5.41) is 25.0. The molecule has 0 saturated carbocycles. The number of fused-ring (bicyclic) bond motifs is 1. The molecule has 0 bridgehead atoms. The number of aliphatic hydroxyl groups excluding tert-OH is 1. The van der Waals surface area contributed by atoms with Gasteiger partial charge in [-0.15, -0.1) is 0 Å². The number of aliphatic hydroxyl groups is 1. The molecule has 3 N–H and O–H groups in total. The van der Waals surface area contributed by atoms with Crippen LogP contribution in [0.1, 0.15) is 40.5 Å². The molecule has 0 radical (unpaired) electrons. The standard InChI is InChI=1S/C16H20N4O6/c1-2-10(9-21)18-16(24)17-6-3-7-19-14(22)12-5-4-11(20(25)26)8-13(12)15(19)23/h4-5,8,10,21H,2-3,6-7,9H2,1H3,(H2,17,18,24). The molecule has 0 spiro atoms. The van der Waals surface area contributed by atoms with E-state index in [0.717, 1.165) is 11.0 Å². The second-order valence-electron chi connectivity index (χ2n) is 5.79. The summed E-state index contributed by atoms with van der Waals surface area (Å²) in [6.07, 6.45) is 0.919. The fourth-order valence-corrected chi connectivity index (χ4v) is 2.55. The highest BCUT2D eigenvalue weighted by Gasteiger charge is 2.36. The molecule has 10 heteroatoms. The van der Waals surface area contributed by atoms with Gasteiger partial charge in [-0.3, -0.25) is 24.6 Å². The van der Waals surface area contributed by atoms with Gasteiger partial charge in [0.2, 0.25) is 0 Å². The summed E-state index contributed by atoms with van der Waals surface area (Å²) in [6.45, 7) is 1.97. The number of amides is 4. The number of nitrogens with zero attached hydrogens (tertiary/aromatic N) is 2. The molecule has 10 nitrogen and oxygen atoms in total. The first kappa shape index (κ1) is 19.3. The van der Waals surface area contributed by atoms with Crippen LogP contribution in [-0.4, -0.2) is 58.5 Å². The molecule has 0 fully saturated rings. The average Bonchev–Trinajstić information content (AvgIpc) is 2.87. The third-order valence-electron chi connectivity index (χ3n) is 4.06. The predicted octanol–water partition coefficient (Wildman–Crippen LogP) is 0.651. The van der Waals surface area contributed by atoms with Crippen LogP contribution in [-0.2, 0) is 0 Å². The van der Waals surface area contributed by atoms with Crippen LogP contribution in [0.2, 0.25) is 0 Å². The summed E-state index contributed by atoms with van der Waals surface area (Å²) < 4.78 is 0. The Bertz CT molecular complexity index is 731. The number of nitro groups is 1. The smallest absolute Gasteiger partial charge is 0.315 e. The number of carbonyl (C=O) groups excluding carboxylic acids is 3. The van der Waals surface area contributed by atoms with Crippen LogP contribution in [0.3, 0.4) is 0 Å². The van der Waals surface area contributed by atoms with Gasteiger partial charge in [0.25, 0.3) is 17.5 Å². The van der Waals surface area contributed by atoms with Crippen LogP contribution >= 0.6 is 0 Å². The number of benzene rings is 1. The zero-order chi connectivity index (χ0) is 19.3. The van der Waals surface area contributed by atoms with E-state index in [9.17, 15) is 24.5 Å². The van der Waals surface area contributed by atoms with Crippen molar-refractivity contribution in [2.45, 2.75) is 25.8 Å². The number of imide groups is 1. The Morgan fingerprint density at radius 3 is 2.62 bits per heavy atom. The van der Waals surface area contributed by atoms with Crippen LogP contribution < -0.4 is 10.6 Å². The van der Waals surface area contributed by atoms with Gasteiger partial charge in [0, 0.05) is 25.2 Å². The first-order valence-corrected chi connectivity index (χ1v) is 8.18. The Balaban J connectivity index is 1.87. The molecule has 0 aromatic heterocycles. The lowest BCUT2D eigenvalue weighted by molar-refractivity contribution is -0.384. The van der Waals surface area contributed by atoms with Gasteiger partial charge < -0.3 is 15.7 Å². The molecular weight excluding hydrogens is 344 g/mol. The molecule has 140 valence electrons. The molecule has 1 aromatic rings. The van der Waals surface area contributed by atoms with E-state index in [1.54, 1.807) is 0 Å². The Morgan fingerprint density at radius 2 is 2.00 bits per heavy atom. The largest absolute Gasteiger partial charge is 0.394 e. The van der Waals surface area contributed by atoms with Crippen LogP contribution in [0, 0.1) is 10.1 Å². The summed E-state index contributed by atoms with van der Waals surface area (Å²) >= 11 is 0. The zero-order valence-corrected chi connectivity index (χ0v) is 14.2. The van der Waals surface area contributed by atoms with Crippen LogP contribution in [0.25, 0.3) is 0 Å². The Kier molecular flexibility index (Phi) is 6.23. The monoisotopic (exact) mass is 364 g/mol. The summed E-state index contributed by atoms with van der Waals surface area (Å²) in [5.41, 5.74) is -0.0943. The van der Waals surface area contributed by atoms with Crippen molar-refractivity contribution < 1.29 is 24.4 Å². The highest BCUT2D eigenvalue weighted by molar-refractivity contribution is 6.21. The van der Waals surface area contributed by atoms with E-state index in [2.05, 4.69) is 10.6 Å². The van der Waals surface area contributed by atoms with E-state index in [0.29, 0.717) is 12.8 Å². The van der Waals surface area contributed by atoms with Gasteiger partial charge in [0.05, 0.1) is 28.7 Å². The van der Waals surface area contributed by atoms with Gasteiger partial charge in [0.1, 0.15) is 0 Å². The van der Waals surface area contributed by atoms with E-state index in [-0.39, 0.29) is 42.6 Å². The molecule has 1 aromatic carbocycles. The van der Waals surface area contributed by atoms with Crippen LogP contribution in [0.15, 0.2) is 18.2 Å². The van der Waals surface area contributed by atoms with E-state index in [1.165, 1.54) is 12.1 Å². The maximum atomic E-state index is 12.3. The minimum absolute atomic E-state index is 0.0173. The maximum Gasteiger partial charge on any atom is 0.315 e. The minimum Gasteiger partial charge on any atom is -0.394 e. The summed E-state index contributed by atoms with van der Waals surface area (Å²) in [6, 6.07) is 2.79. The Labute approximate surface area is 149 Å². The first-order chi connectivity index (χ1) is 12.4. The zero-order valence-electron chi connectivity index (χ0n) is 14.2. The molecule has 26 heavy (non-hydrogen) atoms. The second-order valence-corrected chi connectivity index (χ2v) is 5.79. The van der Waals surface area contributed by atoms with Gasteiger partial charge in [-0.25, -0.2) is 4.79 Å². The van der Waals surface area contributed by atoms with Crippen molar-refractivity contribution >= 4 is 23.5 Å². The summed E-state index contributed by atoms with van der Waals surface area (Å²) in [7, 11) is 0. The van der Waals surface area contributed by atoms with Crippen molar-refractivity contribution in [1.29, 1.82) is 0 Å². The summed E-state index contributed by atoms with van der Waals surface area (Å²) in [4.78, 5) is 47.4. The molecule has 1 aliphatic rings. The number of rotatable bonds is 8. The van der Waals surface area contributed by atoms with Gasteiger partial charge in [-0.2, -0.15) is 0 Å². The first-order valence-electron chi connectivity index (χ1n) is 8.18. The van der Waals surface area contributed by atoms with Gasteiger partial charge in [-0.1, -0.05) is 6.92 Å². The van der Waals surface area contributed by atoms with Gasteiger partial charge in [0.15, 0.2) is 0 Å². The maximum absolute atomic E-state index is 12.3. The van der Waals surface area contributed by atoms with E-state index >= 15 is 0 Å². The lowest BCUT2D eigenvalue weighted by Crippen LogP contribution is -2.44. The lowest BCUT2D eigenvalue weighted by Gasteiger charge is -2.16. The predicted molar refractivity (Wildman–Crippen MR) is 90.8 cm³/mol. The Hall–Kier alpha value is -3.01. The Morgan fingerprint density at radius 1 is 1.31 bits per heavy atom. The third-order valence-corrected chi connectivity index (χ3v) is 4.06. The number of hydrogen-bond acceptors (Lipinski definition) is 6. The molecule has 1 aliphatic heterocycles. The molecule has 2 rings (SSSR count). The number of carbonyl (C=O) groups is 3. The van der Waals surface area contributed by atoms with Gasteiger partial charge >= 0.3 is 6.03 Å². The van der Waals surface area contributed by atoms with Crippen molar-refractivity contribution in [3.05, 3.63) is 39.4 Å². The van der Waals surface area contributed by atoms with Gasteiger partial charge in [-0.05, 0) is 18.9 Å². The van der Waals surface area contributed by atoms with E-state index in [1.807, 2.05) is 6.92 Å². The van der Waals surface area contributed by atoms with Crippen molar-refractivity contribution in [3.8, 4) is 0 Å². The summed E-state index contributed by atoms with van der Waals surface area (Å²) in [5.74, 6) is -1.08. The second kappa shape index (κ2) is 8.39. The highest BCUT2D eigenvalue weighted by atomic mass is 16.6. The molecule has 1 atom stereocenters. The SMILES string of the molecule is CCC(CO)NC(=O)NCCCN1C(=O)c2ccc([N+](=O)[O-])cc2C1=O. The number of nitrogens with one attached hydrogen (secondary N) is 2. The fourth-order valence-electron chi connectivity index (χ4n) is 2.55. The molecule has 1 heterocycles. The number of hydrogen-bond donors (Lipinski definition) is 3. The van der Waals surface area contributed by atoms with Crippen molar-refractivity contribution in [2.24, 2.45) is 0 Å². The minimum atomic E-state index is -0.626. The quantitative estimate of drug-likeness (QED) is 0.268. The average molecular weight is 364 g/mol. The molecule has 4 amide bonds. The van der Waals surface area contributed by atoms with E-state index < -0.39 is 22.8 Å². The molecule has 0 aliphatic carbocycles. The number of nitro benzene ring substituents is 1. The van der Waals surface area contributed by atoms with E-state index in [4.69, 9.17) is 5.11 Å². The number of urea groups is 1. The normalized spacial score (nSPS) is 14.2.